The normalized spacial score (nSPS) is 15.7. The molecule has 2 N–H and O–H groups in total. The van der Waals surface area contributed by atoms with Crippen molar-refractivity contribution in [3.63, 3.8) is 0 Å². The Bertz CT molecular complexity index is 1600. The average molecular weight is 553 g/mol. The van der Waals surface area contributed by atoms with E-state index in [-0.39, 0.29) is 35.9 Å². The van der Waals surface area contributed by atoms with Crippen molar-refractivity contribution in [1.29, 1.82) is 0 Å². The van der Waals surface area contributed by atoms with Gasteiger partial charge in [-0.05, 0) is 30.3 Å². The molecule has 3 aromatic rings. The van der Waals surface area contributed by atoms with Gasteiger partial charge in [-0.2, -0.15) is 0 Å². The molecule has 1 atom stereocenters. The number of benzene rings is 2. The van der Waals surface area contributed by atoms with Gasteiger partial charge in [-0.1, -0.05) is 35.3 Å². The summed E-state index contributed by atoms with van der Waals surface area (Å²) in [4.78, 5) is 39.3. The highest BCUT2D eigenvalue weighted by Gasteiger charge is 2.41. The van der Waals surface area contributed by atoms with E-state index in [2.05, 4.69) is 0 Å². The van der Waals surface area contributed by atoms with Crippen LogP contribution < -0.4 is 20.5 Å². The predicted octanol–water partition coefficient (Wildman–Crippen LogP) is 2.75. The molecule has 2 heterocycles. The number of ether oxygens (including phenoxy) is 2. The number of carbonyl (C=O) groups is 2. The maximum absolute atomic E-state index is 15.1. The highest BCUT2D eigenvalue weighted by atomic mass is 35.5. The Labute approximate surface area is 216 Å². The van der Waals surface area contributed by atoms with Crippen LogP contribution in [0.1, 0.15) is 17.0 Å². The summed E-state index contributed by atoms with van der Waals surface area (Å²) in [6.45, 7) is 0. The number of methoxy groups -OCH3 is 2. The number of carbonyl (C=O) groups excluding carboxylic acids is 2. The van der Waals surface area contributed by atoms with Gasteiger partial charge in [0.05, 0.1) is 40.8 Å². The topological polar surface area (TPSA) is 101 Å². The quantitative estimate of drug-likeness (QED) is 0.499. The molecule has 7 nitrogen and oxygen atoms in total. The van der Waals surface area contributed by atoms with Crippen molar-refractivity contribution >= 4 is 63.9 Å². The molecule has 36 heavy (non-hydrogen) atoms. The van der Waals surface area contributed by atoms with Gasteiger partial charge in [-0.15, -0.1) is 11.3 Å². The molecule has 1 aliphatic rings. The number of esters is 2. The van der Waals surface area contributed by atoms with Gasteiger partial charge in [0.25, 0.3) is 5.56 Å². The van der Waals surface area contributed by atoms with E-state index in [0.29, 0.717) is 0 Å². The fourth-order valence-corrected chi connectivity index (χ4v) is 5.56. The fraction of sp³-hybridized carbons (Fsp3) is 0.125. The molecule has 12 heteroatoms. The first-order chi connectivity index (χ1) is 17.1. The number of hydrogen-bond donors (Lipinski definition) is 1. The Morgan fingerprint density at radius 1 is 1.00 bits per heavy atom. The monoisotopic (exact) mass is 552 g/mol. The summed E-state index contributed by atoms with van der Waals surface area (Å²) >= 11 is 13.2. The first-order valence-corrected chi connectivity index (χ1v) is 11.7. The third-order valence-electron chi connectivity index (χ3n) is 5.52. The standard InChI is InChI=1S/C24H16Cl2F2N2O5S/c1-34-23(32)18-17(16-12(26)6-4-8-14(16)28)19(24(33)35-2)22-30(20(18)29)21(31)15(36-22)9-10-11(25)5-3-7-13(10)27/h3-9,17H,29H2,1-2H3/b15-9-/t17-/m1/s1. The zero-order chi connectivity index (χ0) is 26.3. The van der Waals surface area contributed by atoms with Crippen LogP contribution >= 0.6 is 34.5 Å². The van der Waals surface area contributed by atoms with Crippen LogP contribution in [0.5, 0.6) is 0 Å². The minimum atomic E-state index is -1.47. The molecular formula is C24H16Cl2F2N2O5S. The number of fused-ring (bicyclic) bond motifs is 1. The second-order valence-corrected chi connectivity index (χ2v) is 9.30. The molecule has 0 amide bonds. The lowest BCUT2D eigenvalue weighted by molar-refractivity contribution is -0.136. The third-order valence-corrected chi connectivity index (χ3v) is 7.29. The fourth-order valence-electron chi connectivity index (χ4n) is 3.92. The van der Waals surface area contributed by atoms with E-state index in [1.807, 2.05) is 0 Å². The van der Waals surface area contributed by atoms with Gasteiger partial charge < -0.3 is 15.2 Å². The first-order valence-electron chi connectivity index (χ1n) is 10.1. The lowest BCUT2D eigenvalue weighted by atomic mass is 9.83. The van der Waals surface area contributed by atoms with Gasteiger partial charge in [-0.3, -0.25) is 9.36 Å². The second-order valence-electron chi connectivity index (χ2n) is 7.46. The van der Waals surface area contributed by atoms with Crippen LogP contribution in [0.25, 0.3) is 17.5 Å². The third kappa shape index (κ3) is 4.11. The van der Waals surface area contributed by atoms with Crippen molar-refractivity contribution in [2.45, 2.75) is 5.92 Å². The summed E-state index contributed by atoms with van der Waals surface area (Å²) in [6.07, 6.45) is 1.20. The summed E-state index contributed by atoms with van der Waals surface area (Å²) in [5, 5.41) is -0.0643. The van der Waals surface area contributed by atoms with Crippen LogP contribution in [0, 0.1) is 11.6 Å². The summed E-state index contributed by atoms with van der Waals surface area (Å²) in [5.74, 6) is -5.40. The van der Waals surface area contributed by atoms with Crippen LogP contribution in [0.15, 0.2) is 46.8 Å². The van der Waals surface area contributed by atoms with Gasteiger partial charge in [-0.25, -0.2) is 18.4 Å². The summed E-state index contributed by atoms with van der Waals surface area (Å²) in [6, 6.07) is 7.81. The molecule has 0 bridgehead atoms. The second kappa shape index (κ2) is 9.88. The van der Waals surface area contributed by atoms with Crippen LogP contribution in [0.2, 0.25) is 10.0 Å². The molecule has 2 aromatic carbocycles. The largest absolute Gasteiger partial charge is 0.466 e. The van der Waals surface area contributed by atoms with Gasteiger partial charge in [0, 0.05) is 16.1 Å². The number of hydrogen-bond acceptors (Lipinski definition) is 7. The Hall–Kier alpha value is -3.47. The first kappa shape index (κ1) is 25.6. The Kier molecular flexibility index (Phi) is 7.03. The molecule has 0 fully saturated rings. The Morgan fingerprint density at radius 3 is 2.17 bits per heavy atom. The van der Waals surface area contributed by atoms with Crippen molar-refractivity contribution in [2.75, 3.05) is 14.2 Å². The van der Waals surface area contributed by atoms with E-state index in [4.69, 9.17) is 38.4 Å². The molecule has 1 aromatic heterocycles. The van der Waals surface area contributed by atoms with E-state index in [1.165, 1.54) is 30.3 Å². The van der Waals surface area contributed by atoms with E-state index in [0.717, 1.165) is 42.3 Å². The van der Waals surface area contributed by atoms with Crippen molar-refractivity contribution in [2.24, 2.45) is 5.73 Å². The molecule has 0 unspecified atom stereocenters. The lowest BCUT2D eigenvalue weighted by Gasteiger charge is -2.27. The van der Waals surface area contributed by atoms with Crippen molar-refractivity contribution in [3.05, 3.63) is 94.3 Å². The van der Waals surface area contributed by atoms with E-state index in [1.54, 1.807) is 0 Å². The Balaban J connectivity index is 2.21. The smallest absolute Gasteiger partial charge is 0.338 e. The summed E-state index contributed by atoms with van der Waals surface area (Å²) in [5.41, 5.74) is 4.52. The molecule has 1 aliphatic heterocycles. The van der Waals surface area contributed by atoms with E-state index < -0.39 is 46.4 Å². The van der Waals surface area contributed by atoms with Crippen LogP contribution in [0.3, 0.4) is 0 Å². The predicted molar refractivity (Wildman–Crippen MR) is 132 cm³/mol. The average Bonchev–Trinajstić information content (AvgIpc) is 3.16. The van der Waals surface area contributed by atoms with Crippen LogP contribution in [-0.2, 0) is 19.1 Å². The molecule has 0 radical (unpaired) electrons. The minimum Gasteiger partial charge on any atom is -0.466 e. The number of aromatic nitrogens is 1. The van der Waals surface area contributed by atoms with Crippen molar-refractivity contribution < 1.29 is 27.8 Å². The summed E-state index contributed by atoms with van der Waals surface area (Å²) in [7, 11) is 2.14. The number of rotatable bonds is 4. The maximum Gasteiger partial charge on any atom is 0.338 e. The van der Waals surface area contributed by atoms with Gasteiger partial charge in [0.2, 0.25) is 0 Å². The van der Waals surface area contributed by atoms with Gasteiger partial charge in [0.1, 0.15) is 22.1 Å². The molecule has 0 saturated carbocycles. The number of nitrogens with zero attached hydrogens (tertiary/aromatic N) is 1. The van der Waals surface area contributed by atoms with E-state index in [9.17, 15) is 18.8 Å². The zero-order valence-electron chi connectivity index (χ0n) is 18.6. The highest BCUT2D eigenvalue weighted by molar-refractivity contribution is 7.07. The zero-order valence-corrected chi connectivity index (χ0v) is 20.9. The van der Waals surface area contributed by atoms with Crippen LogP contribution in [-0.4, -0.2) is 30.7 Å². The van der Waals surface area contributed by atoms with Gasteiger partial charge in [0.15, 0.2) is 0 Å². The molecule has 186 valence electrons. The van der Waals surface area contributed by atoms with E-state index >= 15 is 4.39 Å². The Morgan fingerprint density at radius 2 is 1.58 bits per heavy atom. The van der Waals surface area contributed by atoms with Crippen molar-refractivity contribution in [3.8, 4) is 0 Å². The lowest BCUT2D eigenvalue weighted by Crippen LogP contribution is -2.42. The molecule has 0 aliphatic carbocycles. The minimum absolute atomic E-state index is 0.0396. The van der Waals surface area contributed by atoms with Crippen LogP contribution in [0.4, 0.5) is 8.78 Å². The highest BCUT2D eigenvalue weighted by Crippen LogP contribution is 2.41. The SMILES string of the molecule is COC(=O)C1=C(N)n2c(s/c(=C\c3c(F)cccc3Cl)c2=O)=C(C(=O)OC)[C@@H]1c1c(F)cccc1Cl. The van der Waals surface area contributed by atoms with Gasteiger partial charge >= 0.3 is 11.9 Å². The summed E-state index contributed by atoms with van der Waals surface area (Å²) < 4.78 is 40.1. The van der Waals surface area contributed by atoms with Crippen molar-refractivity contribution in [1.82, 2.24) is 4.57 Å². The molecule has 0 saturated heterocycles. The molecule has 0 spiro atoms. The molecule has 4 rings (SSSR count). The maximum atomic E-state index is 15.1. The number of nitrogens with two attached hydrogens (primary N) is 1. The molecular weight excluding hydrogens is 537 g/mol. The number of halogens is 4. The number of thiazole rings is 1.